The third-order valence-electron chi connectivity index (χ3n) is 3.23. The van der Waals surface area contributed by atoms with Crippen molar-refractivity contribution in [3.63, 3.8) is 0 Å². The molecule has 1 N–H and O–H groups in total. The maximum atomic E-state index is 12.0. The zero-order valence-corrected chi connectivity index (χ0v) is 13.8. The second-order valence-corrected chi connectivity index (χ2v) is 6.81. The molecule has 0 heterocycles. The monoisotopic (exact) mass is 295 g/mol. The number of benzene rings is 1. The summed E-state index contributed by atoms with van der Waals surface area (Å²) in [6.07, 6.45) is 0.728. The molecule has 20 heavy (non-hydrogen) atoms. The molecule has 0 saturated carbocycles. The summed E-state index contributed by atoms with van der Waals surface area (Å²) in [4.78, 5) is 13.2. The highest BCUT2D eigenvalue weighted by atomic mass is 32.2. The molecular formula is C16H25NO2S. The van der Waals surface area contributed by atoms with Gasteiger partial charge in [-0.1, -0.05) is 31.5 Å². The normalized spacial score (nSPS) is 15.4. The first-order valence-corrected chi connectivity index (χ1v) is 7.86. The molecule has 0 bridgehead atoms. The van der Waals surface area contributed by atoms with E-state index >= 15 is 0 Å². The molecule has 0 spiro atoms. The van der Waals surface area contributed by atoms with E-state index in [1.807, 2.05) is 13.8 Å². The van der Waals surface area contributed by atoms with Crippen LogP contribution in [0.3, 0.4) is 0 Å². The van der Waals surface area contributed by atoms with Gasteiger partial charge in [0.05, 0.1) is 7.11 Å². The minimum Gasteiger partial charge on any atom is -0.468 e. The summed E-state index contributed by atoms with van der Waals surface area (Å²) in [6.45, 7) is 8.89. The molecule has 1 aromatic rings. The Bertz CT molecular complexity index is 450. The molecule has 0 radical (unpaired) electrons. The van der Waals surface area contributed by atoms with Crippen molar-refractivity contribution in [2.45, 2.75) is 49.8 Å². The lowest BCUT2D eigenvalue weighted by Gasteiger charge is -2.30. The fourth-order valence-corrected chi connectivity index (χ4v) is 3.67. The van der Waals surface area contributed by atoms with E-state index in [1.54, 1.807) is 11.8 Å². The van der Waals surface area contributed by atoms with E-state index in [2.05, 4.69) is 43.4 Å². The van der Waals surface area contributed by atoms with Crippen molar-refractivity contribution in [2.75, 3.05) is 13.7 Å². The van der Waals surface area contributed by atoms with Crippen LogP contribution in [0, 0.1) is 6.92 Å². The van der Waals surface area contributed by atoms with Crippen LogP contribution < -0.4 is 5.32 Å². The molecule has 3 nitrogen and oxygen atoms in total. The fourth-order valence-electron chi connectivity index (χ4n) is 2.38. The van der Waals surface area contributed by atoms with Crippen molar-refractivity contribution in [3.8, 4) is 0 Å². The lowest BCUT2D eigenvalue weighted by molar-refractivity contribution is -0.148. The third-order valence-corrected chi connectivity index (χ3v) is 4.32. The average molecular weight is 295 g/mol. The van der Waals surface area contributed by atoms with Crippen LogP contribution in [0.25, 0.3) is 0 Å². The van der Waals surface area contributed by atoms with E-state index in [-0.39, 0.29) is 5.97 Å². The number of ether oxygens (including phenoxy) is 1. The summed E-state index contributed by atoms with van der Waals surface area (Å²) < 4.78 is 4.93. The van der Waals surface area contributed by atoms with Crippen LogP contribution in [0.5, 0.6) is 0 Å². The van der Waals surface area contributed by atoms with Crippen LogP contribution in [0.4, 0.5) is 0 Å². The Morgan fingerprint density at radius 3 is 2.75 bits per heavy atom. The van der Waals surface area contributed by atoms with Gasteiger partial charge in [-0.3, -0.25) is 4.79 Å². The number of methoxy groups -OCH3 is 1. The van der Waals surface area contributed by atoms with Crippen molar-refractivity contribution in [3.05, 3.63) is 29.8 Å². The lowest BCUT2D eigenvalue weighted by Crippen LogP contribution is -2.51. The third kappa shape index (κ3) is 4.84. The number of carbonyl (C=O) groups excluding carboxylic acids is 1. The topological polar surface area (TPSA) is 38.3 Å². The number of esters is 1. The van der Waals surface area contributed by atoms with Gasteiger partial charge < -0.3 is 10.1 Å². The predicted molar refractivity (Wildman–Crippen MR) is 85.2 cm³/mol. The van der Waals surface area contributed by atoms with Crippen LogP contribution >= 0.6 is 11.8 Å². The smallest absolute Gasteiger partial charge is 0.325 e. The molecule has 0 saturated heterocycles. The zero-order chi connectivity index (χ0) is 15.2. The fraction of sp³-hybridized carbons (Fsp3) is 0.562. The van der Waals surface area contributed by atoms with Gasteiger partial charge in [0, 0.05) is 10.1 Å². The summed E-state index contributed by atoms with van der Waals surface area (Å²) in [7, 11) is 1.44. The number of nitrogens with one attached hydrogen (secondary N) is 1. The highest BCUT2D eigenvalue weighted by Gasteiger charge is 2.35. The molecule has 1 aromatic carbocycles. The van der Waals surface area contributed by atoms with Crippen molar-refractivity contribution < 1.29 is 9.53 Å². The molecule has 112 valence electrons. The first-order chi connectivity index (χ1) is 9.41. The number of carbonyl (C=O) groups is 1. The SMILES string of the molecule is CCNC(C)(CC(C)Sc1cccc(C)c1)C(=O)OC. The lowest BCUT2D eigenvalue weighted by atomic mass is 9.96. The Morgan fingerprint density at radius 2 is 2.20 bits per heavy atom. The van der Waals surface area contributed by atoms with E-state index < -0.39 is 5.54 Å². The largest absolute Gasteiger partial charge is 0.468 e. The second kappa shape index (κ2) is 7.70. The van der Waals surface area contributed by atoms with Gasteiger partial charge in [0.2, 0.25) is 0 Å². The number of likely N-dealkylation sites (N-methyl/N-ethyl adjacent to an activating group) is 1. The van der Waals surface area contributed by atoms with E-state index in [0.717, 1.165) is 13.0 Å². The van der Waals surface area contributed by atoms with E-state index in [4.69, 9.17) is 4.74 Å². The molecule has 1 rings (SSSR count). The Hall–Kier alpha value is -1.00. The minimum atomic E-state index is -0.625. The standard InChI is InChI=1S/C16H25NO2S/c1-6-17-16(4,15(18)19-5)11-13(3)20-14-9-7-8-12(2)10-14/h7-10,13,17H,6,11H2,1-5H3. The van der Waals surface area contributed by atoms with E-state index in [1.165, 1.54) is 17.6 Å². The number of aryl methyl sites for hydroxylation is 1. The number of rotatable bonds is 7. The molecule has 0 aliphatic heterocycles. The van der Waals surface area contributed by atoms with Crippen molar-refractivity contribution in [1.82, 2.24) is 5.32 Å². The minimum absolute atomic E-state index is 0.198. The maximum Gasteiger partial charge on any atom is 0.325 e. The van der Waals surface area contributed by atoms with E-state index in [0.29, 0.717) is 5.25 Å². The van der Waals surface area contributed by atoms with Gasteiger partial charge in [-0.15, -0.1) is 11.8 Å². The first kappa shape index (κ1) is 17.1. The highest BCUT2D eigenvalue weighted by Crippen LogP contribution is 2.29. The first-order valence-electron chi connectivity index (χ1n) is 6.98. The van der Waals surface area contributed by atoms with Crippen molar-refractivity contribution in [2.24, 2.45) is 0 Å². The highest BCUT2D eigenvalue weighted by molar-refractivity contribution is 7.99. The molecule has 0 aliphatic rings. The molecule has 0 aliphatic carbocycles. The van der Waals surface area contributed by atoms with Gasteiger partial charge in [-0.05, 0) is 38.9 Å². The Kier molecular flexibility index (Phi) is 6.56. The van der Waals surface area contributed by atoms with Crippen LogP contribution in [-0.2, 0) is 9.53 Å². The second-order valence-electron chi connectivity index (χ2n) is 5.30. The van der Waals surface area contributed by atoms with Crippen molar-refractivity contribution >= 4 is 17.7 Å². The average Bonchev–Trinajstić information content (AvgIpc) is 2.37. The molecule has 2 atom stereocenters. The molecule has 0 fully saturated rings. The predicted octanol–water partition coefficient (Wildman–Crippen LogP) is 3.41. The number of hydrogen-bond acceptors (Lipinski definition) is 4. The summed E-state index contributed by atoms with van der Waals surface area (Å²) in [5, 5.41) is 3.57. The van der Waals surface area contributed by atoms with Crippen LogP contribution in [0.1, 0.15) is 32.8 Å². The van der Waals surface area contributed by atoms with Gasteiger partial charge in [0.15, 0.2) is 0 Å². The van der Waals surface area contributed by atoms with Crippen LogP contribution in [-0.4, -0.2) is 30.4 Å². The molecular weight excluding hydrogens is 270 g/mol. The number of hydrogen-bond donors (Lipinski definition) is 1. The van der Waals surface area contributed by atoms with Gasteiger partial charge in [-0.2, -0.15) is 0 Å². The Labute approximate surface area is 126 Å². The van der Waals surface area contributed by atoms with Crippen molar-refractivity contribution in [1.29, 1.82) is 0 Å². The zero-order valence-electron chi connectivity index (χ0n) is 13.0. The molecule has 0 aromatic heterocycles. The van der Waals surface area contributed by atoms with Crippen LogP contribution in [0.15, 0.2) is 29.2 Å². The summed E-state index contributed by atoms with van der Waals surface area (Å²) in [5.41, 5.74) is 0.629. The van der Waals surface area contributed by atoms with Gasteiger partial charge in [0.25, 0.3) is 0 Å². The Morgan fingerprint density at radius 1 is 1.50 bits per heavy atom. The molecule has 2 unspecified atom stereocenters. The summed E-state index contributed by atoms with van der Waals surface area (Å²) in [5.74, 6) is -0.198. The van der Waals surface area contributed by atoms with Crippen LogP contribution in [0.2, 0.25) is 0 Å². The molecule has 0 amide bonds. The summed E-state index contributed by atoms with van der Waals surface area (Å²) >= 11 is 1.79. The summed E-state index contributed by atoms with van der Waals surface area (Å²) in [6, 6.07) is 8.43. The number of thioether (sulfide) groups is 1. The quantitative estimate of drug-likeness (QED) is 0.618. The van der Waals surface area contributed by atoms with Gasteiger partial charge >= 0.3 is 5.97 Å². The molecule has 4 heteroatoms. The van der Waals surface area contributed by atoms with Gasteiger partial charge in [-0.25, -0.2) is 0 Å². The Balaban J connectivity index is 2.71. The van der Waals surface area contributed by atoms with E-state index in [9.17, 15) is 4.79 Å². The van der Waals surface area contributed by atoms with Gasteiger partial charge in [0.1, 0.15) is 5.54 Å². The maximum absolute atomic E-state index is 12.0.